The number of thioether (sulfide) groups is 1. The zero-order chi connectivity index (χ0) is 21.1. The SMILES string of the molecule is Cc1ccc(C(C)C)c(OCCN2C(=O)S/C(=C\c3ccc(F)c(Br)c3)C2=O)c1. The van der Waals surface area contributed by atoms with Gasteiger partial charge in [0.25, 0.3) is 11.1 Å². The van der Waals surface area contributed by atoms with E-state index in [9.17, 15) is 14.0 Å². The van der Waals surface area contributed by atoms with E-state index in [0.717, 1.165) is 28.6 Å². The quantitative estimate of drug-likeness (QED) is 0.469. The fourth-order valence-corrected chi connectivity index (χ4v) is 4.20. The molecule has 0 saturated carbocycles. The standard InChI is InChI=1S/C22H21BrFNO3S/c1-13(2)16-6-4-14(3)10-19(16)28-9-8-25-21(26)20(29-22(25)27)12-15-5-7-18(24)17(23)11-15/h4-7,10-13H,8-9H2,1-3H3/b20-12-. The van der Waals surface area contributed by atoms with Gasteiger partial charge in [0.1, 0.15) is 18.2 Å². The summed E-state index contributed by atoms with van der Waals surface area (Å²) < 4.78 is 19.6. The number of rotatable bonds is 6. The fraction of sp³-hybridized carbons (Fsp3) is 0.273. The van der Waals surface area contributed by atoms with Gasteiger partial charge in [-0.2, -0.15) is 0 Å². The summed E-state index contributed by atoms with van der Waals surface area (Å²) in [4.78, 5) is 26.4. The Balaban J connectivity index is 1.67. The van der Waals surface area contributed by atoms with Gasteiger partial charge in [0.2, 0.25) is 0 Å². The molecule has 3 rings (SSSR count). The Morgan fingerprint density at radius 3 is 2.66 bits per heavy atom. The van der Waals surface area contributed by atoms with E-state index >= 15 is 0 Å². The maximum Gasteiger partial charge on any atom is 0.293 e. The van der Waals surface area contributed by atoms with Crippen LogP contribution in [0.5, 0.6) is 5.75 Å². The molecule has 1 aliphatic rings. The second-order valence-electron chi connectivity index (χ2n) is 7.05. The van der Waals surface area contributed by atoms with Gasteiger partial charge >= 0.3 is 0 Å². The summed E-state index contributed by atoms with van der Waals surface area (Å²) in [5.41, 5.74) is 2.82. The zero-order valence-corrected chi connectivity index (χ0v) is 18.8. The molecule has 1 saturated heterocycles. The highest BCUT2D eigenvalue weighted by Gasteiger charge is 2.34. The van der Waals surface area contributed by atoms with E-state index in [0.29, 0.717) is 20.9 Å². The highest BCUT2D eigenvalue weighted by atomic mass is 79.9. The Kier molecular flexibility index (Phi) is 6.80. The van der Waals surface area contributed by atoms with Crippen molar-refractivity contribution in [1.29, 1.82) is 0 Å². The fourth-order valence-electron chi connectivity index (χ4n) is 2.94. The van der Waals surface area contributed by atoms with E-state index in [1.807, 2.05) is 25.1 Å². The summed E-state index contributed by atoms with van der Waals surface area (Å²) in [5.74, 6) is 0.334. The van der Waals surface area contributed by atoms with Crippen LogP contribution in [0.3, 0.4) is 0 Å². The summed E-state index contributed by atoms with van der Waals surface area (Å²) in [7, 11) is 0. The first kappa shape index (κ1) is 21.6. The van der Waals surface area contributed by atoms with Crippen LogP contribution >= 0.6 is 27.7 Å². The molecule has 0 aliphatic carbocycles. The molecule has 0 bridgehead atoms. The number of imide groups is 1. The monoisotopic (exact) mass is 477 g/mol. The molecular formula is C22H21BrFNO3S. The minimum Gasteiger partial charge on any atom is -0.491 e. The van der Waals surface area contributed by atoms with Gasteiger partial charge in [-0.1, -0.05) is 32.0 Å². The lowest BCUT2D eigenvalue weighted by molar-refractivity contribution is -0.123. The molecule has 29 heavy (non-hydrogen) atoms. The molecule has 0 aromatic heterocycles. The van der Waals surface area contributed by atoms with Gasteiger partial charge in [-0.05, 0) is 81.5 Å². The number of carbonyl (C=O) groups excluding carboxylic acids is 2. The molecule has 0 spiro atoms. The van der Waals surface area contributed by atoms with Gasteiger partial charge in [-0.25, -0.2) is 4.39 Å². The van der Waals surface area contributed by atoms with Gasteiger partial charge in [-0.3, -0.25) is 14.5 Å². The maximum atomic E-state index is 13.4. The Labute approximate surface area is 182 Å². The summed E-state index contributed by atoms with van der Waals surface area (Å²) >= 11 is 4.00. The van der Waals surface area contributed by atoms with Gasteiger partial charge in [-0.15, -0.1) is 0 Å². The lowest BCUT2D eigenvalue weighted by Gasteiger charge is -2.17. The van der Waals surface area contributed by atoms with Crippen LogP contribution in [-0.2, 0) is 4.79 Å². The lowest BCUT2D eigenvalue weighted by Crippen LogP contribution is -2.32. The van der Waals surface area contributed by atoms with Crippen LogP contribution in [0.15, 0.2) is 45.8 Å². The molecule has 152 valence electrons. The molecule has 2 aromatic carbocycles. The van der Waals surface area contributed by atoms with Gasteiger partial charge < -0.3 is 4.74 Å². The Bertz CT molecular complexity index is 990. The predicted octanol–water partition coefficient (Wildman–Crippen LogP) is 6.14. The van der Waals surface area contributed by atoms with Crippen molar-refractivity contribution in [3.63, 3.8) is 0 Å². The van der Waals surface area contributed by atoms with Crippen LogP contribution in [0.4, 0.5) is 9.18 Å². The predicted molar refractivity (Wildman–Crippen MR) is 118 cm³/mol. The molecule has 2 aromatic rings. The van der Waals surface area contributed by atoms with Crippen molar-refractivity contribution in [2.75, 3.05) is 13.2 Å². The molecule has 2 amide bonds. The minimum absolute atomic E-state index is 0.167. The first-order valence-corrected chi connectivity index (χ1v) is 10.8. The molecule has 0 N–H and O–H groups in total. The second kappa shape index (κ2) is 9.13. The van der Waals surface area contributed by atoms with Crippen molar-refractivity contribution in [3.05, 3.63) is 68.3 Å². The molecule has 1 aliphatic heterocycles. The summed E-state index contributed by atoms with van der Waals surface area (Å²) in [6.45, 7) is 6.56. The number of hydrogen-bond donors (Lipinski definition) is 0. The molecular weight excluding hydrogens is 457 g/mol. The summed E-state index contributed by atoms with van der Waals surface area (Å²) in [5, 5.41) is -0.334. The van der Waals surface area contributed by atoms with Crippen LogP contribution in [0.2, 0.25) is 0 Å². The van der Waals surface area contributed by atoms with E-state index in [1.54, 1.807) is 18.2 Å². The number of nitrogens with zero attached hydrogens (tertiary/aromatic N) is 1. The van der Waals surface area contributed by atoms with Crippen LogP contribution in [0, 0.1) is 12.7 Å². The third-order valence-electron chi connectivity index (χ3n) is 4.48. The molecule has 0 atom stereocenters. The number of amides is 2. The average molecular weight is 478 g/mol. The minimum atomic E-state index is -0.385. The molecule has 0 unspecified atom stereocenters. The van der Waals surface area contributed by atoms with Gasteiger partial charge in [0.05, 0.1) is 15.9 Å². The van der Waals surface area contributed by atoms with E-state index < -0.39 is 0 Å². The topological polar surface area (TPSA) is 46.6 Å². The highest BCUT2D eigenvalue weighted by Crippen LogP contribution is 2.33. The zero-order valence-electron chi connectivity index (χ0n) is 16.4. The highest BCUT2D eigenvalue weighted by molar-refractivity contribution is 9.10. The number of benzene rings is 2. The molecule has 7 heteroatoms. The van der Waals surface area contributed by atoms with Crippen molar-refractivity contribution in [1.82, 2.24) is 4.90 Å². The third kappa shape index (κ3) is 5.08. The smallest absolute Gasteiger partial charge is 0.293 e. The number of halogens is 2. The number of ether oxygens (including phenoxy) is 1. The van der Waals surface area contributed by atoms with Crippen LogP contribution < -0.4 is 4.74 Å². The van der Waals surface area contributed by atoms with Crippen molar-refractivity contribution in [3.8, 4) is 5.75 Å². The molecule has 1 fully saturated rings. The normalized spacial score (nSPS) is 15.7. The molecule has 4 nitrogen and oxygen atoms in total. The van der Waals surface area contributed by atoms with Crippen LogP contribution in [-0.4, -0.2) is 29.2 Å². The van der Waals surface area contributed by atoms with E-state index in [-0.39, 0.29) is 30.1 Å². The number of hydrogen-bond acceptors (Lipinski definition) is 4. The lowest BCUT2D eigenvalue weighted by atomic mass is 10.0. The van der Waals surface area contributed by atoms with E-state index in [1.165, 1.54) is 11.0 Å². The second-order valence-corrected chi connectivity index (χ2v) is 8.90. The van der Waals surface area contributed by atoms with E-state index in [2.05, 4.69) is 29.8 Å². The van der Waals surface area contributed by atoms with Gasteiger partial charge in [0.15, 0.2) is 0 Å². The molecule has 1 heterocycles. The maximum absolute atomic E-state index is 13.4. The number of aryl methyl sites for hydroxylation is 1. The first-order valence-electron chi connectivity index (χ1n) is 9.20. The van der Waals surface area contributed by atoms with Crippen molar-refractivity contribution in [2.45, 2.75) is 26.7 Å². The van der Waals surface area contributed by atoms with E-state index in [4.69, 9.17) is 4.74 Å². The average Bonchev–Trinajstić information content (AvgIpc) is 2.92. The largest absolute Gasteiger partial charge is 0.491 e. The van der Waals surface area contributed by atoms with Crippen molar-refractivity contribution >= 4 is 44.9 Å². The van der Waals surface area contributed by atoms with Gasteiger partial charge in [0, 0.05) is 0 Å². The Morgan fingerprint density at radius 2 is 1.97 bits per heavy atom. The Morgan fingerprint density at radius 1 is 1.21 bits per heavy atom. The number of carbonyl (C=O) groups is 2. The van der Waals surface area contributed by atoms with Crippen LogP contribution in [0.1, 0.15) is 36.5 Å². The van der Waals surface area contributed by atoms with Crippen molar-refractivity contribution < 1.29 is 18.7 Å². The molecule has 0 radical (unpaired) electrons. The van der Waals surface area contributed by atoms with Crippen LogP contribution in [0.25, 0.3) is 6.08 Å². The Hall–Kier alpha value is -2.12. The summed E-state index contributed by atoms with van der Waals surface area (Å²) in [6, 6.07) is 10.5. The summed E-state index contributed by atoms with van der Waals surface area (Å²) in [6.07, 6.45) is 1.59. The third-order valence-corrected chi connectivity index (χ3v) is 5.99. The van der Waals surface area contributed by atoms with Crippen molar-refractivity contribution in [2.24, 2.45) is 0 Å². The first-order chi connectivity index (χ1) is 13.8.